The summed E-state index contributed by atoms with van der Waals surface area (Å²) in [5.41, 5.74) is 0.602. The van der Waals surface area contributed by atoms with Gasteiger partial charge in [-0.2, -0.15) is 4.98 Å². The van der Waals surface area contributed by atoms with Crippen LogP contribution in [0.25, 0.3) is 32.6 Å². The molecule has 0 fully saturated rings. The van der Waals surface area contributed by atoms with E-state index in [0.717, 1.165) is 54.7 Å². The van der Waals surface area contributed by atoms with Crippen LogP contribution in [0.4, 0.5) is 8.78 Å². The first-order chi connectivity index (χ1) is 15.5. The third-order valence-corrected chi connectivity index (χ3v) is 7.92. The molecule has 0 atom stereocenters. The van der Waals surface area contributed by atoms with Crippen LogP contribution in [-0.2, 0) is 12.8 Å². The molecule has 32 heavy (non-hydrogen) atoms. The fourth-order valence-corrected chi connectivity index (χ4v) is 6.58. The molecule has 5 aromatic rings. The van der Waals surface area contributed by atoms with E-state index in [2.05, 4.69) is 4.98 Å². The standard InChI is InChI=1S/C23H14F2N2O3S2/c24-11-5-7-13(15(25)9-11)16-8-6-12(30-16)10-18-21(29)27-22-19(20(28)26-23(27)32-18)14-3-1-2-4-17(14)31-22/h5-10H,1-4H2. The molecule has 0 aliphatic heterocycles. The van der Waals surface area contributed by atoms with Gasteiger partial charge in [0.1, 0.15) is 32.5 Å². The summed E-state index contributed by atoms with van der Waals surface area (Å²) in [6.45, 7) is 0. The average molecular weight is 469 g/mol. The van der Waals surface area contributed by atoms with Gasteiger partial charge in [0.2, 0.25) is 4.96 Å². The number of furan rings is 1. The fourth-order valence-electron chi connectivity index (χ4n) is 4.19. The predicted molar refractivity (Wildman–Crippen MR) is 120 cm³/mol. The summed E-state index contributed by atoms with van der Waals surface area (Å²) in [7, 11) is 0. The number of thiophene rings is 1. The Kier molecular flexibility index (Phi) is 4.38. The summed E-state index contributed by atoms with van der Waals surface area (Å²) >= 11 is 2.61. The van der Waals surface area contributed by atoms with Crippen LogP contribution < -0.4 is 15.7 Å². The maximum atomic E-state index is 14.1. The van der Waals surface area contributed by atoms with Crippen molar-refractivity contribution in [3.05, 3.63) is 83.4 Å². The summed E-state index contributed by atoms with van der Waals surface area (Å²) < 4.78 is 34.8. The number of aromatic nitrogens is 2. The molecule has 160 valence electrons. The Labute approximate surface area is 186 Å². The number of rotatable bonds is 2. The van der Waals surface area contributed by atoms with E-state index < -0.39 is 11.6 Å². The van der Waals surface area contributed by atoms with E-state index in [0.29, 0.717) is 25.5 Å². The highest BCUT2D eigenvalue weighted by molar-refractivity contribution is 7.19. The van der Waals surface area contributed by atoms with Gasteiger partial charge in [0.25, 0.3) is 11.1 Å². The van der Waals surface area contributed by atoms with Gasteiger partial charge >= 0.3 is 0 Å². The van der Waals surface area contributed by atoms with Crippen molar-refractivity contribution in [3.63, 3.8) is 0 Å². The van der Waals surface area contributed by atoms with E-state index in [9.17, 15) is 18.4 Å². The van der Waals surface area contributed by atoms with Gasteiger partial charge in [-0.3, -0.25) is 9.59 Å². The third-order valence-electron chi connectivity index (χ3n) is 5.67. The molecule has 1 aliphatic carbocycles. The Bertz CT molecular complexity index is 1710. The maximum absolute atomic E-state index is 14.1. The fraction of sp³-hybridized carbons (Fsp3) is 0.174. The first kappa shape index (κ1) is 19.5. The van der Waals surface area contributed by atoms with Gasteiger partial charge in [0.05, 0.1) is 10.9 Å². The number of aryl methyl sites for hydroxylation is 2. The highest BCUT2D eigenvalue weighted by atomic mass is 32.1. The zero-order valence-corrected chi connectivity index (χ0v) is 18.1. The average Bonchev–Trinajstić information content (AvgIpc) is 3.45. The Morgan fingerprint density at radius 2 is 1.91 bits per heavy atom. The second-order valence-electron chi connectivity index (χ2n) is 7.67. The molecule has 1 aromatic carbocycles. The Morgan fingerprint density at radius 3 is 2.75 bits per heavy atom. The van der Waals surface area contributed by atoms with Gasteiger partial charge in [-0.15, -0.1) is 11.3 Å². The molecule has 0 saturated carbocycles. The van der Waals surface area contributed by atoms with Crippen molar-refractivity contribution in [1.29, 1.82) is 0 Å². The summed E-state index contributed by atoms with van der Waals surface area (Å²) in [5.74, 6) is -0.834. The molecule has 1 aliphatic rings. The molecule has 0 saturated heterocycles. The Morgan fingerprint density at radius 1 is 1.06 bits per heavy atom. The second kappa shape index (κ2) is 7.18. The minimum absolute atomic E-state index is 0.127. The van der Waals surface area contributed by atoms with E-state index in [-0.39, 0.29) is 22.4 Å². The zero-order chi connectivity index (χ0) is 22.0. The molecule has 5 nitrogen and oxygen atoms in total. The minimum atomic E-state index is -0.732. The molecule has 0 unspecified atom stereocenters. The van der Waals surface area contributed by atoms with Crippen molar-refractivity contribution < 1.29 is 13.2 Å². The first-order valence-corrected chi connectivity index (χ1v) is 11.7. The van der Waals surface area contributed by atoms with Crippen molar-refractivity contribution in [2.24, 2.45) is 0 Å². The monoisotopic (exact) mass is 468 g/mol. The van der Waals surface area contributed by atoms with Crippen LogP contribution in [-0.4, -0.2) is 9.38 Å². The molecular formula is C23H14F2N2O3S2. The highest BCUT2D eigenvalue weighted by Gasteiger charge is 2.22. The van der Waals surface area contributed by atoms with Gasteiger partial charge in [-0.1, -0.05) is 11.3 Å². The molecule has 4 heterocycles. The summed E-state index contributed by atoms with van der Waals surface area (Å²) in [4.78, 5) is 32.3. The topological polar surface area (TPSA) is 64.6 Å². The molecule has 9 heteroatoms. The quantitative estimate of drug-likeness (QED) is 0.388. The predicted octanol–water partition coefficient (Wildman–Crippen LogP) is 4.30. The smallest absolute Gasteiger partial charge is 0.282 e. The Balaban J connectivity index is 1.52. The van der Waals surface area contributed by atoms with Crippen LogP contribution in [0.1, 0.15) is 29.0 Å². The van der Waals surface area contributed by atoms with Crippen molar-refractivity contribution in [1.82, 2.24) is 9.38 Å². The van der Waals surface area contributed by atoms with Gasteiger partial charge in [0, 0.05) is 17.0 Å². The Hall–Kier alpha value is -3.17. The van der Waals surface area contributed by atoms with Crippen LogP contribution in [0.15, 0.2) is 44.3 Å². The second-order valence-corrected chi connectivity index (χ2v) is 9.76. The lowest BCUT2D eigenvalue weighted by Crippen LogP contribution is -2.24. The molecule has 0 N–H and O–H groups in total. The molecule has 0 bridgehead atoms. The first-order valence-electron chi connectivity index (χ1n) is 10.1. The van der Waals surface area contributed by atoms with E-state index in [1.165, 1.54) is 26.7 Å². The number of hydrogen-bond acceptors (Lipinski definition) is 6. The number of hydrogen-bond donors (Lipinski definition) is 0. The zero-order valence-electron chi connectivity index (χ0n) is 16.5. The lowest BCUT2D eigenvalue weighted by molar-refractivity contribution is 0.554. The molecule has 0 spiro atoms. The van der Waals surface area contributed by atoms with E-state index in [1.807, 2.05) is 0 Å². The van der Waals surface area contributed by atoms with Crippen molar-refractivity contribution in [3.8, 4) is 11.3 Å². The van der Waals surface area contributed by atoms with Gasteiger partial charge in [-0.05, 0) is 55.5 Å². The largest absolute Gasteiger partial charge is 0.457 e. The SMILES string of the molecule is O=c1nc2sc(=Cc3ccc(-c4ccc(F)cc4F)o3)c(=O)n2c2sc3c(c12)CCCC3. The number of halogens is 2. The lowest BCUT2D eigenvalue weighted by atomic mass is 9.97. The van der Waals surface area contributed by atoms with E-state index >= 15 is 0 Å². The highest BCUT2D eigenvalue weighted by Crippen LogP contribution is 2.34. The number of nitrogens with zero attached hydrogens (tertiary/aromatic N) is 2. The van der Waals surface area contributed by atoms with Gasteiger partial charge in [0.15, 0.2) is 0 Å². The van der Waals surface area contributed by atoms with Crippen LogP contribution in [0, 0.1) is 11.6 Å². The third kappa shape index (κ3) is 2.96. The number of benzene rings is 1. The van der Waals surface area contributed by atoms with Gasteiger partial charge < -0.3 is 4.42 Å². The molecule has 6 rings (SSSR count). The molecular weight excluding hydrogens is 454 g/mol. The van der Waals surface area contributed by atoms with Crippen LogP contribution in [0.3, 0.4) is 0 Å². The minimum Gasteiger partial charge on any atom is -0.457 e. The lowest BCUT2D eigenvalue weighted by Gasteiger charge is -2.09. The number of fused-ring (bicyclic) bond motifs is 5. The van der Waals surface area contributed by atoms with Crippen LogP contribution in [0.2, 0.25) is 0 Å². The van der Waals surface area contributed by atoms with Crippen molar-refractivity contribution in [2.75, 3.05) is 0 Å². The van der Waals surface area contributed by atoms with E-state index in [1.54, 1.807) is 18.2 Å². The van der Waals surface area contributed by atoms with Gasteiger partial charge in [-0.25, -0.2) is 13.2 Å². The molecule has 0 amide bonds. The summed E-state index contributed by atoms with van der Waals surface area (Å²) in [6, 6.07) is 6.42. The van der Waals surface area contributed by atoms with Crippen molar-refractivity contribution >= 4 is 43.9 Å². The summed E-state index contributed by atoms with van der Waals surface area (Å²) in [6.07, 6.45) is 5.42. The normalized spacial score (nSPS) is 14.5. The maximum Gasteiger partial charge on any atom is 0.282 e. The van der Waals surface area contributed by atoms with E-state index in [4.69, 9.17) is 4.42 Å². The molecule has 0 radical (unpaired) electrons. The number of thiazole rings is 1. The van der Waals surface area contributed by atoms with Crippen molar-refractivity contribution in [2.45, 2.75) is 25.7 Å². The summed E-state index contributed by atoms with van der Waals surface area (Å²) in [5, 5.41) is 0.565. The van der Waals surface area contributed by atoms with Crippen LogP contribution >= 0.6 is 22.7 Å². The molecule has 4 aromatic heterocycles. The van der Waals surface area contributed by atoms with Crippen LogP contribution in [0.5, 0.6) is 0 Å².